The smallest absolute Gasteiger partial charge is 0.216 e. The Bertz CT molecular complexity index is 1080. The highest BCUT2D eigenvalue weighted by molar-refractivity contribution is 7.71. The fraction of sp³-hybridized carbons (Fsp3) is 0.150. The molecule has 0 radical (unpaired) electrons. The molecule has 3 rings (SSSR count). The number of aromatic amines is 1. The lowest BCUT2D eigenvalue weighted by Crippen LogP contribution is -2.00. The first kappa shape index (κ1) is 19.3. The molecule has 0 aliphatic rings. The molecule has 0 aliphatic heterocycles. The predicted octanol–water partition coefficient (Wildman–Crippen LogP) is 4.04. The van der Waals surface area contributed by atoms with E-state index in [-0.39, 0.29) is 12.4 Å². The molecule has 8 heteroatoms. The quantitative estimate of drug-likeness (QED) is 0.372. The van der Waals surface area contributed by atoms with Crippen LogP contribution in [-0.2, 0) is 0 Å². The number of H-pyrrole nitrogens is 1. The number of benzene rings is 2. The van der Waals surface area contributed by atoms with E-state index < -0.39 is 0 Å². The second kappa shape index (κ2) is 8.97. The van der Waals surface area contributed by atoms with Gasteiger partial charge in [0.25, 0.3) is 0 Å². The zero-order chi connectivity index (χ0) is 19.9. The Kier molecular flexibility index (Phi) is 6.19. The van der Waals surface area contributed by atoms with Crippen LogP contribution in [0.1, 0.15) is 12.5 Å². The first-order valence-electron chi connectivity index (χ1n) is 8.43. The maximum Gasteiger partial charge on any atom is 0.216 e. The molecule has 0 unspecified atom stereocenters. The van der Waals surface area contributed by atoms with Gasteiger partial charge >= 0.3 is 0 Å². The number of halogens is 1. The van der Waals surface area contributed by atoms with Gasteiger partial charge in [-0.05, 0) is 67.2 Å². The summed E-state index contributed by atoms with van der Waals surface area (Å²) >= 11 is 5.24. The largest absolute Gasteiger partial charge is 0.490 e. The van der Waals surface area contributed by atoms with Crippen LogP contribution < -0.4 is 9.47 Å². The summed E-state index contributed by atoms with van der Waals surface area (Å²) < 4.78 is 26.0. The van der Waals surface area contributed by atoms with Crippen molar-refractivity contribution in [1.29, 1.82) is 0 Å². The van der Waals surface area contributed by atoms with Crippen LogP contribution in [0.3, 0.4) is 0 Å². The van der Waals surface area contributed by atoms with Gasteiger partial charge in [0.1, 0.15) is 12.4 Å². The zero-order valence-corrected chi connectivity index (χ0v) is 15.9. The number of nitrogens with one attached hydrogen (secondary N) is 1. The van der Waals surface area contributed by atoms with Gasteiger partial charge in [-0.2, -0.15) is 14.9 Å². The van der Waals surface area contributed by atoms with E-state index in [2.05, 4.69) is 21.2 Å². The average molecular weight is 396 g/mol. The molecule has 0 bridgehead atoms. The van der Waals surface area contributed by atoms with E-state index >= 15 is 0 Å². The lowest BCUT2D eigenvalue weighted by molar-refractivity contribution is 0.299. The number of terminal acetylenes is 1. The Labute approximate surface area is 166 Å². The van der Waals surface area contributed by atoms with Crippen molar-refractivity contribution < 1.29 is 13.9 Å². The summed E-state index contributed by atoms with van der Waals surface area (Å²) in [5.74, 6) is 3.69. The predicted molar refractivity (Wildman–Crippen MR) is 108 cm³/mol. The Morgan fingerprint density at radius 1 is 1.25 bits per heavy atom. The monoisotopic (exact) mass is 396 g/mol. The van der Waals surface area contributed by atoms with E-state index in [9.17, 15) is 4.39 Å². The van der Waals surface area contributed by atoms with Gasteiger partial charge in [-0.15, -0.1) is 6.42 Å². The van der Waals surface area contributed by atoms with Crippen molar-refractivity contribution in [2.24, 2.45) is 5.10 Å². The fourth-order valence-electron chi connectivity index (χ4n) is 2.42. The van der Waals surface area contributed by atoms with Gasteiger partial charge in [-0.25, -0.2) is 9.49 Å². The molecule has 0 saturated carbocycles. The van der Waals surface area contributed by atoms with Gasteiger partial charge in [-0.3, -0.25) is 0 Å². The van der Waals surface area contributed by atoms with Crippen LogP contribution in [0.4, 0.5) is 4.39 Å². The SMILES string of the molecule is C#CCOc1ccc(/C=N\n2c(-c3ccc(F)cc3)n[nH]c2=S)cc1OCC. The van der Waals surface area contributed by atoms with Crippen molar-refractivity contribution in [3.05, 3.63) is 58.6 Å². The van der Waals surface area contributed by atoms with Crippen LogP contribution in [0.5, 0.6) is 11.5 Å². The van der Waals surface area contributed by atoms with Crippen LogP contribution in [0.25, 0.3) is 11.4 Å². The molecule has 0 spiro atoms. The Morgan fingerprint density at radius 2 is 2.04 bits per heavy atom. The van der Waals surface area contributed by atoms with Crippen molar-refractivity contribution in [3.8, 4) is 35.2 Å². The third-order valence-corrected chi connectivity index (χ3v) is 3.92. The minimum absolute atomic E-state index is 0.152. The molecule has 0 saturated heterocycles. The molecule has 6 nitrogen and oxygen atoms in total. The third-order valence-electron chi connectivity index (χ3n) is 3.65. The number of hydrogen-bond acceptors (Lipinski definition) is 5. The Hall–Kier alpha value is -3.44. The van der Waals surface area contributed by atoms with E-state index in [4.69, 9.17) is 28.1 Å². The molecule has 142 valence electrons. The highest BCUT2D eigenvalue weighted by atomic mass is 32.1. The zero-order valence-electron chi connectivity index (χ0n) is 15.1. The summed E-state index contributed by atoms with van der Waals surface area (Å²) in [6.45, 7) is 2.51. The number of aromatic nitrogens is 3. The molecule has 1 aromatic heterocycles. The molecular weight excluding hydrogens is 379 g/mol. The summed E-state index contributed by atoms with van der Waals surface area (Å²) in [6, 6.07) is 11.3. The maximum atomic E-state index is 13.2. The van der Waals surface area contributed by atoms with E-state index in [1.807, 2.05) is 13.0 Å². The molecule has 0 aliphatic carbocycles. The summed E-state index contributed by atoms with van der Waals surface area (Å²) in [5.41, 5.74) is 1.45. The number of nitrogens with zero attached hydrogens (tertiary/aromatic N) is 3. The summed E-state index contributed by atoms with van der Waals surface area (Å²) in [4.78, 5) is 0. The van der Waals surface area contributed by atoms with E-state index in [0.29, 0.717) is 34.3 Å². The van der Waals surface area contributed by atoms with Gasteiger partial charge in [0.15, 0.2) is 17.3 Å². The standard InChI is InChI=1S/C20H17FN4O2S/c1-3-11-27-17-10-5-14(12-18(17)26-4-2)13-22-25-19(23-24-20(25)28)15-6-8-16(21)9-7-15/h1,5-10,12-13H,4,11H2,2H3,(H,24,28)/b22-13-. The van der Waals surface area contributed by atoms with Crippen LogP contribution in [0.2, 0.25) is 0 Å². The van der Waals surface area contributed by atoms with Crippen molar-refractivity contribution >= 4 is 18.4 Å². The summed E-state index contributed by atoms with van der Waals surface area (Å²) in [5, 5.41) is 11.3. The second-order valence-corrected chi connectivity index (χ2v) is 5.93. The lowest BCUT2D eigenvalue weighted by atomic mass is 10.2. The van der Waals surface area contributed by atoms with Crippen molar-refractivity contribution in [2.45, 2.75) is 6.92 Å². The van der Waals surface area contributed by atoms with Crippen LogP contribution in [0, 0.1) is 22.9 Å². The molecule has 0 amide bonds. The van der Waals surface area contributed by atoms with Gasteiger partial charge in [0.05, 0.1) is 12.8 Å². The first-order valence-corrected chi connectivity index (χ1v) is 8.84. The normalized spacial score (nSPS) is 10.8. The number of hydrogen-bond donors (Lipinski definition) is 1. The Balaban J connectivity index is 1.91. The van der Waals surface area contributed by atoms with E-state index in [1.54, 1.807) is 30.5 Å². The minimum Gasteiger partial charge on any atom is -0.490 e. The van der Waals surface area contributed by atoms with Gasteiger partial charge in [0, 0.05) is 5.56 Å². The van der Waals surface area contributed by atoms with Crippen molar-refractivity contribution in [2.75, 3.05) is 13.2 Å². The van der Waals surface area contributed by atoms with Gasteiger partial charge in [-0.1, -0.05) is 5.92 Å². The first-order chi connectivity index (χ1) is 13.6. The number of rotatable bonds is 7. The summed E-state index contributed by atoms with van der Waals surface area (Å²) in [6.07, 6.45) is 6.85. The highest BCUT2D eigenvalue weighted by Crippen LogP contribution is 2.28. The fourth-order valence-corrected chi connectivity index (χ4v) is 2.60. The van der Waals surface area contributed by atoms with Gasteiger partial charge < -0.3 is 9.47 Å². The summed E-state index contributed by atoms with van der Waals surface area (Å²) in [7, 11) is 0. The van der Waals surface area contributed by atoms with Crippen molar-refractivity contribution in [3.63, 3.8) is 0 Å². The molecule has 2 aromatic carbocycles. The number of ether oxygens (including phenoxy) is 2. The molecule has 1 N–H and O–H groups in total. The molecule has 1 heterocycles. The highest BCUT2D eigenvalue weighted by Gasteiger charge is 2.09. The molecule has 3 aromatic rings. The van der Waals surface area contributed by atoms with E-state index in [1.165, 1.54) is 16.8 Å². The molecular formula is C20H17FN4O2S. The van der Waals surface area contributed by atoms with E-state index in [0.717, 1.165) is 5.56 Å². The second-order valence-electron chi connectivity index (χ2n) is 5.55. The van der Waals surface area contributed by atoms with Crippen LogP contribution >= 0.6 is 12.2 Å². The maximum absolute atomic E-state index is 13.2. The third kappa shape index (κ3) is 4.45. The molecule has 28 heavy (non-hydrogen) atoms. The molecule has 0 fully saturated rings. The Morgan fingerprint density at radius 3 is 2.75 bits per heavy atom. The molecule has 0 atom stereocenters. The van der Waals surface area contributed by atoms with Crippen LogP contribution in [-0.4, -0.2) is 34.3 Å². The topological polar surface area (TPSA) is 64.4 Å². The average Bonchev–Trinajstić information content (AvgIpc) is 3.07. The van der Waals surface area contributed by atoms with Crippen LogP contribution in [0.15, 0.2) is 47.6 Å². The lowest BCUT2D eigenvalue weighted by Gasteiger charge is -2.10. The van der Waals surface area contributed by atoms with Crippen molar-refractivity contribution in [1.82, 2.24) is 14.9 Å². The van der Waals surface area contributed by atoms with Gasteiger partial charge in [0.2, 0.25) is 4.77 Å². The minimum atomic E-state index is -0.330.